The van der Waals surface area contributed by atoms with Crippen molar-refractivity contribution >= 4 is 6.34 Å². The maximum atomic E-state index is 4.28. The molecule has 2 nitrogen and oxygen atoms in total. The van der Waals surface area contributed by atoms with Crippen molar-refractivity contribution in [3.63, 3.8) is 0 Å². The van der Waals surface area contributed by atoms with E-state index >= 15 is 0 Å². The Balaban J connectivity index is 2.31. The van der Waals surface area contributed by atoms with Gasteiger partial charge in [0.1, 0.15) is 0 Å². The zero-order valence-corrected chi connectivity index (χ0v) is 5.91. The van der Waals surface area contributed by atoms with E-state index in [4.69, 9.17) is 0 Å². The van der Waals surface area contributed by atoms with Gasteiger partial charge in [0.05, 0.1) is 12.4 Å². The Morgan fingerprint density at radius 3 is 3.30 bits per heavy atom. The van der Waals surface area contributed by atoms with E-state index in [2.05, 4.69) is 35.5 Å². The van der Waals surface area contributed by atoms with Gasteiger partial charge in [-0.1, -0.05) is 19.1 Å². The van der Waals surface area contributed by atoms with Crippen molar-refractivity contribution in [1.82, 2.24) is 5.32 Å². The first-order valence-corrected chi connectivity index (χ1v) is 3.54. The summed E-state index contributed by atoms with van der Waals surface area (Å²) in [6, 6.07) is 0.366. The summed E-state index contributed by atoms with van der Waals surface area (Å²) < 4.78 is 0. The average Bonchev–Trinajstić information content (AvgIpc) is 2.36. The summed E-state index contributed by atoms with van der Waals surface area (Å²) in [5, 5.41) is 3.11. The lowest BCUT2D eigenvalue weighted by Gasteiger charge is -2.17. The van der Waals surface area contributed by atoms with Crippen LogP contribution < -0.4 is 5.32 Å². The average molecular weight is 134 g/mol. The number of nitrogens with zero attached hydrogens (tertiary/aromatic N) is 1. The zero-order valence-electron chi connectivity index (χ0n) is 5.91. The Hall–Kier alpha value is -1.05. The van der Waals surface area contributed by atoms with Crippen LogP contribution in [-0.2, 0) is 0 Å². The number of fused-ring (bicyclic) bond motifs is 1. The Bertz CT molecular complexity index is 225. The number of allylic oxidation sites excluding steroid dienone is 2. The number of hydrogen-bond acceptors (Lipinski definition) is 2. The number of hydrogen-bond donors (Lipinski definition) is 1. The van der Waals surface area contributed by atoms with Gasteiger partial charge in [0.25, 0.3) is 0 Å². The molecule has 0 aromatic heterocycles. The fourth-order valence-electron chi connectivity index (χ4n) is 1.36. The van der Waals surface area contributed by atoms with Crippen LogP contribution in [0.1, 0.15) is 6.92 Å². The Kier molecular flexibility index (Phi) is 1.13. The molecule has 1 N–H and O–H groups in total. The van der Waals surface area contributed by atoms with E-state index in [1.807, 2.05) is 0 Å². The van der Waals surface area contributed by atoms with Crippen LogP contribution in [0.5, 0.6) is 0 Å². The highest BCUT2D eigenvalue weighted by atomic mass is 15.1. The third-order valence-electron chi connectivity index (χ3n) is 1.97. The third-order valence-corrected chi connectivity index (χ3v) is 1.97. The summed E-state index contributed by atoms with van der Waals surface area (Å²) in [6.07, 6.45) is 8.12. The van der Waals surface area contributed by atoms with Gasteiger partial charge < -0.3 is 5.32 Å². The van der Waals surface area contributed by atoms with Gasteiger partial charge in [0.15, 0.2) is 0 Å². The largest absolute Gasteiger partial charge is 0.348 e. The van der Waals surface area contributed by atoms with E-state index in [9.17, 15) is 0 Å². The second-order valence-corrected chi connectivity index (χ2v) is 2.73. The van der Waals surface area contributed by atoms with Gasteiger partial charge in [0.2, 0.25) is 0 Å². The summed E-state index contributed by atoms with van der Waals surface area (Å²) in [6.45, 7) is 2.18. The molecule has 2 rings (SSSR count). The van der Waals surface area contributed by atoms with Crippen molar-refractivity contribution in [3.8, 4) is 0 Å². The normalized spacial score (nSPS) is 35.1. The Labute approximate surface area is 60.3 Å². The van der Waals surface area contributed by atoms with Gasteiger partial charge in [0, 0.05) is 11.6 Å². The highest BCUT2D eigenvalue weighted by Crippen LogP contribution is 2.22. The summed E-state index contributed by atoms with van der Waals surface area (Å²) >= 11 is 0. The second kappa shape index (κ2) is 1.97. The van der Waals surface area contributed by atoms with Crippen molar-refractivity contribution < 1.29 is 0 Å². The standard InChI is InChI=1S/C8H10N2/c1-6-3-2-4-7-8(6)10-5-9-7/h2-6,8H,1H3,(H,9,10). The van der Waals surface area contributed by atoms with Crippen LogP contribution in [-0.4, -0.2) is 12.4 Å². The summed E-state index contributed by atoms with van der Waals surface area (Å²) in [5.74, 6) is 0.547. The lowest BCUT2D eigenvalue weighted by molar-refractivity contribution is 0.605. The number of nitrogens with one attached hydrogen (secondary N) is 1. The van der Waals surface area contributed by atoms with Crippen LogP contribution in [0.4, 0.5) is 0 Å². The van der Waals surface area contributed by atoms with E-state index in [1.54, 1.807) is 6.34 Å². The van der Waals surface area contributed by atoms with Crippen LogP contribution in [0.3, 0.4) is 0 Å². The zero-order chi connectivity index (χ0) is 6.97. The monoisotopic (exact) mass is 134 g/mol. The quantitative estimate of drug-likeness (QED) is 0.526. The lowest BCUT2D eigenvalue weighted by Crippen LogP contribution is -2.20. The Morgan fingerprint density at radius 2 is 2.50 bits per heavy atom. The van der Waals surface area contributed by atoms with Gasteiger partial charge in [-0.2, -0.15) is 0 Å². The van der Waals surface area contributed by atoms with Gasteiger partial charge in [-0.3, -0.25) is 4.99 Å². The molecular formula is C8H10N2. The minimum atomic E-state index is 0.366. The van der Waals surface area contributed by atoms with Crippen molar-refractivity contribution in [2.75, 3.05) is 0 Å². The minimum Gasteiger partial charge on any atom is -0.348 e. The van der Waals surface area contributed by atoms with Gasteiger partial charge in [-0.15, -0.1) is 0 Å². The molecule has 0 aromatic carbocycles. The summed E-state index contributed by atoms with van der Waals surface area (Å²) in [7, 11) is 0. The van der Waals surface area contributed by atoms with Gasteiger partial charge in [-0.25, -0.2) is 0 Å². The minimum absolute atomic E-state index is 0.366. The van der Waals surface area contributed by atoms with Crippen LogP contribution in [0.25, 0.3) is 0 Å². The maximum Gasteiger partial charge on any atom is 0.0974 e. The highest BCUT2D eigenvalue weighted by Gasteiger charge is 2.22. The van der Waals surface area contributed by atoms with E-state index in [-0.39, 0.29) is 0 Å². The molecule has 0 saturated heterocycles. The van der Waals surface area contributed by atoms with Crippen molar-refractivity contribution in [2.24, 2.45) is 10.9 Å². The first kappa shape index (κ1) is 5.71. The molecule has 0 saturated carbocycles. The van der Waals surface area contributed by atoms with Crippen LogP contribution in [0.15, 0.2) is 28.9 Å². The number of rotatable bonds is 0. The Morgan fingerprint density at radius 1 is 1.60 bits per heavy atom. The van der Waals surface area contributed by atoms with Gasteiger partial charge in [-0.05, 0) is 6.08 Å². The molecule has 0 fully saturated rings. The van der Waals surface area contributed by atoms with Crippen molar-refractivity contribution in [2.45, 2.75) is 13.0 Å². The molecule has 1 aliphatic carbocycles. The molecule has 0 spiro atoms. The first-order valence-electron chi connectivity index (χ1n) is 3.54. The first-order chi connectivity index (χ1) is 4.88. The van der Waals surface area contributed by atoms with Crippen molar-refractivity contribution in [1.29, 1.82) is 0 Å². The molecule has 0 radical (unpaired) electrons. The molecular weight excluding hydrogens is 124 g/mol. The predicted octanol–water partition coefficient (Wildman–Crippen LogP) is 1.08. The molecule has 1 aliphatic heterocycles. The lowest BCUT2D eigenvalue weighted by atomic mass is 9.95. The second-order valence-electron chi connectivity index (χ2n) is 2.73. The molecule has 2 unspecified atom stereocenters. The van der Waals surface area contributed by atoms with Gasteiger partial charge >= 0.3 is 0 Å². The van der Waals surface area contributed by atoms with Crippen LogP contribution in [0.2, 0.25) is 0 Å². The predicted molar refractivity (Wildman–Crippen MR) is 41.8 cm³/mol. The SMILES string of the molecule is CC1C=CC=C2NC=NC21. The fourth-order valence-corrected chi connectivity index (χ4v) is 1.36. The molecule has 0 amide bonds. The molecule has 2 heteroatoms. The smallest absolute Gasteiger partial charge is 0.0974 e. The number of aliphatic imine (C=N–C) groups is 1. The van der Waals surface area contributed by atoms with E-state index in [0.717, 1.165) is 0 Å². The molecule has 2 atom stereocenters. The molecule has 2 aliphatic rings. The molecule has 0 bridgehead atoms. The fraction of sp³-hybridized carbons (Fsp3) is 0.375. The van der Waals surface area contributed by atoms with E-state index in [0.29, 0.717) is 12.0 Å². The molecule has 1 heterocycles. The molecule has 0 aromatic rings. The summed E-state index contributed by atoms with van der Waals surface area (Å²) in [5.41, 5.74) is 1.23. The molecule has 52 valence electrons. The maximum absolute atomic E-state index is 4.28. The van der Waals surface area contributed by atoms with E-state index in [1.165, 1.54) is 5.70 Å². The third kappa shape index (κ3) is 0.685. The highest BCUT2D eigenvalue weighted by molar-refractivity contribution is 5.63. The summed E-state index contributed by atoms with van der Waals surface area (Å²) in [4.78, 5) is 4.28. The van der Waals surface area contributed by atoms with E-state index < -0.39 is 0 Å². The molecule has 10 heavy (non-hydrogen) atoms. The topological polar surface area (TPSA) is 24.4 Å². The van der Waals surface area contributed by atoms with Crippen LogP contribution in [0, 0.1) is 5.92 Å². The van der Waals surface area contributed by atoms with Crippen molar-refractivity contribution in [3.05, 3.63) is 23.9 Å². The van der Waals surface area contributed by atoms with Crippen LogP contribution >= 0.6 is 0 Å².